The molecule has 1 aliphatic heterocycles. The summed E-state index contributed by atoms with van der Waals surface area (Å²) >= 11 is 0. The predicted octanol–water partition coefficient (Wildman–Crippen LogP) is 1.93. The number of piperazine rings is 1. The van der Waals surface area contributed by atoms with Gasteiger partial charge in [0, 0.05) is 31.9 Å². The van der Waals surface area contributed by atoms with Crippen molar-refractivity contribution >= 4 is 21.6 Å². The molecule has 0 radical (unpaired) electrons. The van der Waals surface area contributed by atoms with Gasteiger partial charge in [-0.25, -0.2) is 13.1 Å². The van der Waals surface area contributed by atoms with E-state index >= 15 is 0 Å². The Morgan fingerprint density at radius 3 is 2.22 bits per heavy atom. The first-order valence-corrected chi connectivity index (χ1v) is 10.5. The number of rotatable bonds is 5. The molecule has 0 bridgehead atoms. The molecule has 0 aromatic heterocycles. The van der Waals surface area contributed by atoms with Crippen LogP contribution in [0.25, 0.3) is 0 Å². The number of hydrogen-bond acceptors (Lipinski definition) is 4. The van der Waals surface area contributed by atoms with E-state index in [1.54, 1.807) is 17.0 Å². The summed E-state index contributed by atoms with van der Waals surface area (Å²) in [6, 6.07) is 14.9. The van der Waals surface area contributed by atoms with Crippen molar-refractivity contribution in [2.45, 2.75) is 18.7 Å². The van der Waals surface area contributed by atoms with Gasteiger partial charge in [-0.2, -0.15) is 0 Å². The lowest BCUT2D eigenvalue weighted by atomic mass is 10.2. The number of benzene rings is 2. The van der Waals surface area contributed by atoms with E-state index in [4.69, 9.17) is 0 Å². The van der Waals surface area contributed by atoms with E-state index < -0.39 is 10.0 Å². The minimum Gasteiger partial charge on any atom is -0.368 e. The fourth-order valence-electron chi connectivity index (χ4n) is 3.17. The van der Waals surface area contributed by atoms with Gasteiger partial charge in [-0.1, -0.05) is 24.3 Å². The highest BCUT2D eigenvalue weighted by Gasteiger charge is 2.23. The summed E-state index contributed by atoms with van der Waals surface area (Å²) in [7, 11) is -3.68. The zero-order valence-electron chi connectivity index (χ0n) is 15.7. The Morgan fingerprint density at radius 2 is 1.59 bits per heavy atom. The number of carbonyl (C=O) groups excluding carboxylic acids is 1. The molecular formula is C20H25N3O3S. The minimum absolute atomic E-state index is 0.180. The third-order valence-electron chi connectivity index (χ3n) is 4.71. The van der Waals surface area contributed by atoms with Crippen LogP contribution in [0.4, 0.5) is 5.69 Å². The summed E-state index contributed by atoms with van der Waals surface area (Å²) in [6.07, 6.45) is 0. The molecule has 144 valence electrons. The van der Waals surface area contributed by atoms with Crippen LogP contribution in [0.1, 0.15) is 11.1 Å². The normalized spacial score (nSPS) is 15.0. The van der Waals surface area contributed by atoms with Gasteiger partial charge >= 0.3 is 0 Å². The van der Waals surface area contributed by atoms with E-state index in [1.807, 2.05) is 19.1 Å². The number of amides is 1. The topological polar surface area (TPSA) is 69.7 Å². The maximum Gasteiger partial charge on any atom is 0.241 e. The Kier molecular flexibility index (Phi) is 5.82. The molecule has 0 unspecified atom stereocenters. The van der Waals surface area contributed by atoms with Gasteiger partial charge in [-0.15, -0.1) is 0 Å². The largest absolute Gasteiger partial charge is 0.368 e. The van der Waals surface area contributed by atoms with Crippen LogP contribution in [-0.2, 0) is 14.8 Å². The van der Waals surface area contributed by atoms with Gasteiger partial charge in [0.05, 0.1) is 11.4 Å². The monoisotopic (exact) mass is 387 g/mol. The number of carbonyl (C=O) groups is 1. The molecule has 2 aromatic carbocycles. The highest BCUT2D eigenvalue weighted by Crippen LogP contribution is 2.18. The first-order chi connectivity index (χ1) is 12.8. The maximum absolute atomic E-state index is 12.4. The van der Waals surface area contributed by atoms with Crippen molar-refractivity contribution in [2.75, 3.05) is 37.6 Å². The van der Waals surface area contributed by atoms with Crippen molar-refractivity contribution in [1.82, 2.24) is 9.62 Å². The van der Waals surface area contributed by atoms with Crippen LogP contribution in [0.15, 0.2) is 53.4 Å². The standard InChI is InChI=1S/C20H25N3O3S/c1-16-5-3-7-18(13-16)22-9-11-23(12-10-22)20(24)15-21-27(25,26)19-8-4-6-17(2)14-19/h3-8,13-14,21H,9-12,15H2,1-2H3. The molecule has 0 atom stereocenters. The van der Waals surface area contributed by atoms with Crippen molar-refractivity contribution in [3.05, 3.63) is 59.7 Å². The third-order valence-corrected chi connectivity index (χ3v) is 6.11. The van der Waals surface area contributed by atoms with Gasteiger partial charge < -0.3 is 9.80 Å². The first kappa shape index (κ1) is 19.4. The van der Waals surface area contributed by atoms with Gasteiger partial charge in [-0.05, 0) is 49.2 Å². The van der Waals surface area contributed by atoms with Crippen molar-refractivity contribution in [3.8, 4) is 0 Å². The van der Waals surface area contributed by atoms with Crippen LogP contribution in [0.2, 0.25) is 0 Å². The lowest BCUT2D eigenvalue weighted by Gasteiger charge is -2.36. The number of nitrogens with one attached hydrogen (secondary N) is 1. The Balaban J connectivity index is 1.54. The third kappa shape index (κ3) is 4.87. The average molecular weight is 388 g/mol. The lowest BCUT2D eigenvalue weighted by molar-refractivity contribution is -0.130. The van der Waals surface area contributed by atoms with E-state index in [1.165, 1.54) is 11.6 Å². The molecule has 0 saturated carbocycles. The van der Waals surface area contributed by atoms with Gasteiger partial charge in [-0.3, -0.25) is 4.79 Å². The minimum atomic E-state index is -3.68. The lowest BCUT2D eigenvalue weighted by Crippen LogP contribution is -2.51. The average Bonchev–Trinajstić information content (AvgIpc) is 2.66. The molecule has 27 heavy (non-hydrogen) atoms. The summed E-state index contributed by atoms with van der Waals surface area (Å²) in [4.78, 5) is 16.6. The van der Waals surface area contributed by atoms with Gasteiger partial charge in [0.1, 0.15) is 0 Å². The van der Waals surface area contributed by atoms with Crippen molar-refractivity contribution < 1.29 is 13.2 Å². The van der Waals surface area contributed by atoms with E-state index in [2.05, 4.69) is 34.7 Å². The summed E-state index contributed by atoms with van der Waals surface area (Å²) in [5.41, 5.74) is 3.22. The molecule has 1 aliphatic rings. The molecular weight excluding hydrogens is 362 g/mol. The van der Waals surface area contributed by atoms with Crippen molar-refractivity contribution in [1.29, 1.82) is 0 Å². The molecule has 0 spiro atoms. The molecule has 6 nitrogen and oxygen atoms in total. The summed E-state index contributed by atoms with van der Waals surface area (Å²) in [6.45, 7) is 6.31. The van der Waals surface area contributed by atoms with Gasteiger partial charge in [0.2, 0.25) is 15.9 Å². The molecule has 3 rings (SSSR count). The van der Waals surface area contributed by atoms with Crippen molar-refractivity contribution in [3.63, 3.8) is 0 Å². The van der Waals surface area contributed by atoms with E-state index in [-0.39, 0.29) is 17.3 Å². The SMILES string of the molecule is Cc1cccc(N2CCN(C(=O)CNS(=O)(=O)c3cccc(C)c3)CC2)c1. The fraction of sp³-hybridized carbons (Fsp3) is 0.350. The number of nitrogens with zero attached hydrogens (tertiary/aromatic N) is 2. The smallest absolute Gasteiger partial charge is 0.241 e. The predicted molar refractivity (Wildman–Crippen MR) is 106 cm³/mol. The molecule has 1 saturated heterocycles. The van der Waals surface area contributed by atoms with E-state index in [9.17, 15) is 13.2 Å². The zero-order chi connectivity index (χ0) is 19.4. The highest BCUT2D eigenvalue weighted by molar-refractivity contribution is 7.89. The molecule has 1 fully saturated rings. The summed E-state index contributed by atoms with van der Waals surface area (Å²) in [5, 5.41) is 0. The Morgan fingerprint density at radius 1 is 0.963 bits per heavy atom. The van der Waals surface area contributed by atoms with Crippen molar-refractivity contribution in [2.24, 2.45) is 0 Å². The molecule has 1 N–H and O–H groups in total. The van der Waals surface area contributed by atoms with Crippen LogP contribution in [-0.4, -0.2) is 51.9 Å². The Bertz CT molecular complexity index is 920. The molecule has 1 heterocycles. The van der Waals surface area contributed by atoms with Crippen LogP contribution >= 0.6 is 0 Å². The molecule has 1 amide bonds. The second-order valence-electron chi connectivity index (χ2n) is 6.85. The molecule has 0 aliphatic carbocycles. The fourth-order valence-corrected chi connectivity index (χ4v) is 4.25. The van der Waals surface area contributed by atoms with E-state index in [0.717, 1.165) is 24.3 Å². The van der Waals surface area contributed by atoms with Gasteiger partial charge in [0.25, 0.3) is 0 Å². The summed E-state index contributed by atoms with van der Waals surface area (Å²) < 4.78 is 27.1. The number of anilines is 1. The van der Waals surface area contributed by atoms with Crippen LogP contribution in [0.5, 0.6) is 0 Å². The number of aryl methyl sites for hydroxylation is 2. The molecule has 7 heteroatoms. The quantitative estimate of drug-likeness (QED) is 0.851. The second-order valence-corrected chi connectivity index (χ2v) is 8.61. The Hall–Kier alpha value is -2.38. The second kappa shape index (κ2) is 8.10. The Labute approximate surface area is 160 Å². The van der Waals surface area contributed by atoms with Crippen LogP contribution < -0.4 is 9.62 Å². The maximum atomic E-state index is 12.4. The number of sulfonamides is 1. The van der Waals surface area contributed by atoms with Crippen LogP contribution in [0, 0.1) is 13.8 Å². The number of hydrogen-bond donors (Lipinski definition) is 1. The highest BCUT2D eigenvalue weighted by atomic mass is 32.2. The molecule has 2 aromatic rings. The van der Waals surface area contributed by atoms with E-state index in [0.29, 0.717) is 13.1 Å². The first-order valence-electron chi connectivity index (χ1n) is 9.01. The van der Waals surface area contributed by atoms with Crippen LogP contribution in [0.3, 0.4) is 0 Å². The van der Waals surface area contributed by atoms with Gasteiger partial charge in [0.15, 0.2) is 0 Å². The zero-order valence-corrected chi connectivity index (χ0v) is 16.5. The summed E-state index contributed by atoms with van der Waals surface area (Å²) in [5.74, 6) is -0.199.